The summed E-state index contributed by atoms with van der Waals surface area (Å²) in [7, 11) is 2.13. The first-order valence-electron chi connectivity index (χ1n) is 9.60. The molecular weight excluding hydrogens is 352 g/mol. The van der Waals surface area contributed by atoms with Crippen molar-refractivity contribution in [2.45, 2.75) is 13.8 Å². The van der Waals surface area contributed by atoms with E-state index >= 15 is 0 Å². The number of likely N-dealkylation sites (N-methyl/N-ethyl adjacent to an activating group) is 1. The number of amides is 2. The van der Waals surface area contributed by atoms with Crippen molar-refractivity contribution >= 4 is 28.9 Å². The third kappa shape index (κ3) is 5.10. The smallest absolute Gasteiger partial charge is 0.244 e. The number of benzene rings is 2. The highest BCUT2D eigenvalue weighted by molar-refractivity contribution is 6.01. The largest absolute Gasteiger partial charge is 0.369 e. The van der Waals surface area contributed by atoms with Crippen molar-refractivity contribution in [1.29, 1.82) is 0 Å². The number of hydrogen-bond acceptors (Lipinski definition) is 4. The van der Waals surface area contributed by atoms with Crippen LogP contribution in [0.4, 0.5) is 17.1 Å². The lowest BCUT2D eigenvalue weighted by Gasteiger charge is -2.34. The van der Waals surface area contributed by atoms with E-state index in [0.29, 0.717) is 0 Å². The average molecular weight is 380 g/mol. The van der Waals surface area contributed by atoms with Crippen LogP contribution in [-0.4, -0.2) is 56.5 Å². The molecule has 0 bridgehead atoms. The van der Waals surface area contributed by atoms with Gasteiger partial charge in [-0.2, -0.15) is 0 Å². The molecule has 2 aromatic rings. The summed E-state index contributed by atoms with van der Waals surface area (Å²) in [5.74, 6) is -0.379. The van der Waals surface area contributed by atoms with E-state index in [4.69, 9.17) is 0 Å². The maximum atomic E-state index is 12.4. The van der Waals surface area contributed by atoms with Crippen molar-refractivity contribution in [3.05, 3.63) is 54.1 Å². The highest BCUT2D eigenvalue weighted by atomic mass is 16.2. The Labute approximate surface area is 166 Å². The van der Waals surface area contributed by atoms with Crippen LogP contribution in [-0.2, 0) is 9.59 Å². The minimum atomic E-state index is -0.219. The summed E-state index contributed by atoms with van der Waals surface area (Å²) in [6.45, 7) is 7.50. The Hall–Kier alpha value is -2.86. The fraction of sp³-hybridized carbons (Fsp3) is 0.364. The van der Waals surface area contributed by atoms with Crippen LogP contribution in [0, 0.1) is 6.92 Å². The summed E-state index contributed by atoms with van der Waals surface area (Å²) in [5, 5.41) is 2.86. The van der Waals surface area contributed by atoms with Crippen LogP contribution in [0.25, 0.3) is 0 Å². The molecule has 0 radical (unpaired) electrons. The van der Waals surface area contributed by atoms with Gasteiger partial charge in [0.25, 0.3) is 0 Å². The summed E-state index contributed by atoms with van der Waals surface area (Å²) < 4.78 is 0. The van der Waals surface area contributed by atoms with E-state index in [1.54, 1.807) is 0 Å². The minimum Gasteiger partial charge on any atom is -0.369 e. The summed E-state index contributed by atoms with van der Waals surface area (Å²) in [4.78, 5) is 30.7. The summed E-state index contributed by atoms with van der Waals surface area (Å²) in [6.07, 6.45) is 0. The molecule has 1 aliphatic rings. The van der Waals surface area contributed by atoms with Gasteiger partial charge in [-0.15, -0.1) is 0 Å². The van der Waals surface area contributed by atoms with Crippen LogP contribution in [0.15, 0.2) is 48.5 Å². The average Bonchev–Trinajstić information content (AvgIpc) is 2.67. The van der Waals surface area contributed by atoms with Gasteiger partial charge in [-0.1, -0.05) is 12.1 Å². The number of carbonyl (C=O) groups excluding carboxylic acids is 2. The Morgan fingerprint density at radius 2 is 1.71 bits per heavy atom. The van der Waals surface area contributed by atoms with Gasteiger partial charge < -0.3 is 20.0 Å². The number of aryl methyl sites for hydroxylation is 1. The van der Waals surface area contributed by atoms with Crippen LogP contribution in [0.3, 0.4) is 0 Å². The standard InChI is InChI=1S/C22H28N4O2/c1-17-5-4-6-19(15-17)23-22(28)16-26(18(2)27)21-9-7-20(8-10-21)25-13-11-24(3)12-14-25/h4-10,15H,11-14,16H2,1-3H3,(H,23,28). The maximum absolute atomic E-state index is 12.4. The molecule has 148 valence electrons. The number of carbonyl (C=O) groups is 2. The van der Waals surface area contributed by atoms with Crippen molar-refractivity contribution < 1.29 is 9.59 Å². The van der Waals surface area contributed by atoms with E-state index < -0.39 is 0 Å². The van der Waals surface area contributed by atoms with Crippen molar-refractivity contribution in [3.63, 3.8) is 0 Å². The minimum absolute atomic E-state index is 0.0167. The van der Waals surface area contributed by atoms with E-state index in [-0.39, 0.29) is 18.4 Å². The summed E-state index contributed by atoms with van der Waals surface area (Å²) in [5.41, 5.74) is 3.67. The van der Waals surface area contributed by atoms with Crippen molar-refractivity contribution in [2.24, 2.45) is 0 Å². The second-order valence-electron chi connectivity index (χ2n) is 7.33. The van der Waals surface area contributed by atoms with E-state index in [0.717, 1.165) is 48.8 Å². The molecular formula is C22H28N4O2. The highest BCUT2D eigenvalue weighted by Crippen LogP contribution is 2.22. The predicted octanol–water partition coefficient (Wildman–Crippen LogP) is 2.74. The molecule has 0 spiro atoms. The van der Waals surface area contributed by atoms with Crippen LogP contribution < -0.4 is 15.1 Å². The van der Waals surface area contributed by atoms with Crippen LogP contribution in [0.1, 0.15) is 12.5 Å². The summed E-state index contributed by atoms with van der Waals surface area (Å²) in [6, 6.07) is 15.5. The van der Waals surface area contributed by atoms with Crippen LogP contribution in [0.5, 0.6) is 0 Å². The number of hydrogen-bond donors (Lipinski definition) is 1. The number of nitrogens with zero attached hydrogens (tertiary/aromatic N) is 3. The molecule has 2 aromatic carbocycles. The highest BCUT2D eigenvalue weighted by Gasteiger charge is 2.18. The van der Waals surface area contributed by atoms with Gasteiger partial charge in [0.1, 0.15) is 6.54 Å². The number of anilines is 3. The predicted molar refractivity (Wildman–Crippen MR) is 114 cm³/mol. The number of nitrogens with one attached hydrogen (secondary N) is 1. The van der Waals surface area contributed by atoms with Gasteiger partial charge >= 0.3 is 0 Å². The summed E-state index contributed by atoms with van der Waals surface area (Å²) >= 11 is 0. The molecule has 2 amide bonds. The molecule has 1 N–H and O–H groups in total. The first-order valence-corrected chi connectivity index (χ1v) is 9.60. The Morgan fingerprint density at radius 3 is 2.32 bits per heavy atom. The maximum Gasteiger partial charge on any atom is 0.244 e. The first-order chi connectivity index (χ1) is 13.4. The normalized spacial score (nSPS) is 14.6. The number of rotatable bonds is 5. The molecule has 6 nitrogen and oxygen atoms in total. The van der Waals surface area contributed by atoms with E-state index in [1.165, 1.54) is 11.8 Å². The van der Waals surface area contributed by atoms with Gasteiger partial charge in [-0.05, 0) is 55.9 Å². The molecule has 0 atom stereocenters. The first kappa shape index (κ1) is 19.9. The zero-order valence-electron chi connectivity index (χ0n) is 16.8. The third-order valence-corrected chi connectivity index (χ3v) is 5.01. The van der Waals surface area contributed by atoms with Gasteiger partial charge in [0.15, 0.2) is 0 Å². The monoisotopic (exact) mass is 380 g/mol. The molecule has 0 aromatic heterocycles. The lowest BCUT2D eigenvalue weighted by molar-refractivity contribution is -0.120. The fourth-order valence-electron chi connectivity index (χ4n) is 3.36. The van der Waals surface area contributed by atoms with Gasteiger partial charge in [-0.3, -0.25) is 9.59 Å². The SMILES string of the molecule is CC(=O)N(CC(=O)Nc1cccc(C)c1)c1ccc(N2CCN(C)CC2)cc1. The number of piperazine rings is 1. The fourth-order valence-corrected chi connectivity index (χ4v) is 3.36. The van der Waals surface area contributed by atoms with E-state index in [2.05, 4.69) is 22.2 Å². The lowest BCUT2D eigenvalue weighted by atomic mass is 10.2. The topological polar surface area (TPSA) is 55.9 Å². The molecule has 0 unspecified atom stereocenters. The zero-order valence-corrected chi connectivity index (χ0v) is 16.8. The van der Waals surface area contributed by atoms with Crippen LogP contribution >= 0.6 is 0 Å². The Balaban J connectivity index is 1.66. The molecule has 0 saturated carbocycles. The van der Waals surface area contributed by atoms with Gasteiger partial charge in [0.2, 0.25) is 11.8 Å². The molecule has 28 heavy (non-hydrogen) atoms. The van der Waals surface area contributed by atoms with Crippen molar-refractivity contribution in [1.82, 2.24) is 4.90 Å². The van der Waals surface area contributed by atoms with Gasteiger partial charge in [0.05, 0.1) is 0 Å². The van der Waals surface area contributed by atoms with Crippen molar-refractivity contribution in [3.8, 4) is 0 Å². The van der Waals surface area contributed by atoms with Crippen molar-refractivity contribution in [2.75, 3.05) is 54.9 Å². The molecule has 1 fully saturated rings. The third-order valence-electron chi connectivity index (χ3n) is 5.01. The molecule has 1 aliphatic heterocycles. The quantitative estimate of drug-likeness (QED) is 0.867. The van der Waals surface area contributed by atoms with E-state index in [9.17, 15) is 9.59 Å². The zero-order chi connectivity index (χ0) is 20.1. The Morgan fingerprint density at radius 1 is 1.04 bits per heavy atom. The molecule has 0 aliphatic carbocycles. The Bertz CT molecular complexity index is 827. The second kappa shape index (κ2) is 8.89. The lowest BCUT2D eigenvalue weighted by Crippen LogP contribution is -2.44. The van der Waals surface area contributed by atoms with Gasteiger partial charge in [-0.25, -0.2) is 0 Å². The molecule has 1 heterocycles. The molecule has 3 rings (SSSR count). The van der Waals surface area contributed by atoms with Crippen LogP contribution in [0.2, 0.25) is 0 Å². The molecule has 6 heteroatoms. The van der Waals surface area contributed by atoms with Gasteiger partial charge in [0, 0.05) is 50.2 Å². The second-order valence-corrected chi connectivity index (χ2v) is 7.33. The Kier molecular flexibility index (Phi) is 6.31. The molecule has 1 saturated heterocycles. The van der Waals surface area contributed by atoms with E-state index in [1.807, 2.05) is 55.5 Å².